The molecular weight excluding hydrogens is 863 g/mol. The lowest BCUT2D eigenvalue weighted by Crippen LogP contribution is -2.53. The van der Waals surface area contributed by atoms with Gasteiger partial charge in [-0.05, 0) is 33.4 Å². The maximum atomic E-state index is 14.0. The zero-order chi connectivity index (χ0) is 46.7. The zero-order valence-corrected chi connectivity index (χ0v) is 37.5. The second-order valence-corrected chi connectivity index (χ2v) is 16.6. The van der Waals surface area contributed by atoms with Gasteiger partial charge in [0.1, 0.15) is 25.3 Å². The largest absolute Gasteiger partial charge is 0.461 e. The number of hydrogen-bond acceptors (Lipinski definition) is 10. The number of aromatic nitrogens is 1. The van der Waals surface area contributed by atoms with Crippen LogP contribution in [-0.2, 0) is 65.0 Å². The molecule has 0 saturated heterocycles. The third-order valence-corrected chi connectivity index (χ3v) is 11.7. The van der Waals surface area contributed by atoms with Gasteiger partial charge < -0.3 is 25.4 Å². The van der Waals surface area contributed by atoms with Crippen LogP contribution >= 0.6 is 11.3 Å². The molecule has 340 valence electrons. The molecular formula is C54H51N5O7S. The molecule has 7 rings (SSSR count). The summed E-state index contributed by atoms with van der Waals surface area (Å²) in [5.41, 5.74) is 4.93. The zero-order valence-electron chi connectivity index (χ0n) is 36.7. The van der Waals surface area contributed by atoms with Crippen LogP contribution in [0.2, 0.25) is 0 Å². The van der Waals surface area contributed by atoms with Gasteiger partial charge in [-0.25, -0.2) is 9.78 Å². The molecule has 0 bridgehead atoms. The highest BCUT2D eigenvalue weighted by atomic mass is 32.1. The van der Waals surface area contributed by atoms with Crippen molar-refractivity contribution in [1.82, 2.24) is 20.9 Å². The Bertz CT molecular complexity index is 2580. The number of thiazole rings is 1. The van der Waals surface area contributed by atoms with Crippen LogP contribution in [0.5, 0.6) is 0 Å². The van der Waals surface area contributed by atoms with Crippen LogP contribution < -0.4 is 21.3 Å². The molecule has 2 atom stereocenters. The van der Waals surface area contributed by atoms with Gasteiger partial charge in [0.2, 0.25) is 17.7 Å². The fourth-order valence-corrected chi connectivity index (χ4v) is 8.32. The van der Waals surface area contributed by atoms with E-state index < -0.39 is 47.8 Å². The maximum Gasteiger partial charge on any atom is 0.329 e. The number of amides is 3. The molecule has 0 radical (unpaired) electrons. The Morgan fingerprint density at radius 3 is 1.55 bits per heavy atom. The summed E-state index contributed by atoms with van der Waals surface area (Å²) in [5, 5.41) is 13.9. The van der Waals surface area contributed by atoms with E-state index in [1.165, 1.54) is 0 Å². The lowest BCUT2D eigenvalue weighted by Gasteiger charge is -2.37. The van der Waals surface area contributed by atoms with Gasteiger partial charge in [-0.15, -0.1) is 11.3 Å². The number of carbonyl (C=O) groups is 5. The van der Waals surface area contributed by atoms with E-state index in [1.807, 2.05) is 133 Å². The third-order valence-electron chi connectivity index (χ3n) is 10.9. The van der Waals surface area contributed by atoms with Crippen molar-refractivity contribution in [2.45, 2.75) is 56.5 Å². The Kier molecular flexibility index (Phi) is 16.9. The molecule has 12 nitrogen and oxygen atoms in total. The number of rotatable bonds is 22. The third kappa shape index (κ3) is 13.6. The van der Waals surface area contributed by atoms with Gasteiger partial charge in [-0.1, -0.05) is 182 Å². The van der Waals surface area contributed by atoms with Gasteiger partial charge >= 0.3 is 11.9 Å². The van der Waals surface area contributed by atoms with Gasteiger partial charge in [0.15, 0.2) is 5.13 Å². The number of hydrogen-bond donors (Lipinski definition) is 4. The fraction of sp³-hybridized carbons (Fsp3) is 0.185. The minimum atomic E-state index is -1.42. The Morgan fingerprint density at radius 1 is 0.552 bits per heavy atom. The van der Waals surface area contributed by atoms with Crippen LogP contribution in [0.3, 0.4) is 0 Å². The smallest absolute Gasteiger partial charge is 0.329 e. The molecule has 0 aliphatic heterocycles. The van der Waals surface area contributed by atoms with Crippen LogP contribution in [-0.4, -0.2) is 53.3 Å². The Morgan fingerprint density at radius 2 is 1.03 bits per heavy atom. The van der Waals surface area contributed by atoms with E-state index in [0.29, 0.717) is 17.4 Å². The molecule has 13 heteroatoms. The summed E-state index contributed by atoms with van der Waals surface area (Å²) in [4.78, 5) is 72.2. The van der Waals surface area contributed by atoms with Gasteiger partial charge in [0.05, 0.1) is 24.1 Å². The van der Waals surface area contributed by atoms with Crippen LogP contribution in [0.1, 0.15) is 51.9 Å². The Labute approximate surface area is 393 Å². The number of nitrogens with one attached hydrogen (secondary N) is 4. The molecule has 7 aromatic rings. The topological polar surface area (TPSA) is 165 Å². The number of ether oxygens (including phenoxy) is 2. The van der Waals surface area contributed by atoms with Crippen molar-refractivity contribution in [3.63, 3.8) is 0 Å². The number of carbonyl (C=O) groups excluding carboxylic acids is 5. The molecule has 0 aliphatic carbocycles. The molecule has 67 heavy (non-hydrogen) atoms. The molecule has 0 unspecified atom stereocenters. The van der Waals surface area contributed by atoms with E-state index in [9.17, 15) is 24.0 Å². The summed E-state index contributed by atoms with van der Waals surface area (Å²) in [6.07, 6.45) is -0.576. The Hall–Kier alpha value is -7.74. The molecule has 0 spiro atoms. The quantitative estimate of drug-likeness (QED) is 0.0395. The van der Waals surface area contributed by atoms with Crippen molar-refractivity contribution in [1.29, 1.82) is 0 Å². The van der Waals surface area contributed by atoms with Crippen molar-refractivity contribution >= 4 is 46.1 Å². The standard InChI is InChI=1S/C54H51N5O7S/c60-48(31-32-55-54(42-25-13-4-14-26-42,43-27-15-5-16-28-43)44-29-17-6-18-30-44)59-53-56-45(38-67-53)34-49(61)57-46(35-50(62)65-36-40-21-9-2-10-22-40)51(63)58-47(33-39-19-7-1-8-20-39)52(64)66-37-41-23-11-3-12-24-41/h1-30,38,46-47,55H,31-37H2,(H,57,61)(H,58,63)(H,56,59,60)/t46-,47-/m0/s1. The maximum absolute atomic E-state index is 14.0. The van der Waals surface area contributed by atoms with Crippen molar-refractivity contribution in [2.75, 3.05) is 11.9 Å². The van der Waals surface area contributed by atoms with Crippen molar-refractivity contribution < 1.29 is 33.4 Å². The van der Waals surface area contributed by atoms with Crippen LogP contribution in [0.4, 0.5) is 5.13 Å². The fourth-order valence-electron chi connectivity index (χ4n) is 7.59. The summed E-state index contributed by atoms with van der Waals surface area (Å²) in [5.74, 6) is -3.10. The first-order valence-corrected chi connectivity index (χ1v) is 22.8. The SMILES string of the molecule is O=C(CCNC(c1ccccc1)(c1ccccc1)c1ccccc1)Nc1nc(CC(=O)N[C@@H](CC(=O)OCc2ccccc2)C(=O)N[C@@H](Cc2ccccc2)C(=O)OCc2ccccc2)cs1. The van der Waals surface area contributed by atoms with E-state index in [1.54, 1.807) is 17.5 Å². The summed E-state index contributed by atoms with van der Waals surface area (Å²) in [7, 11) is 0. The van der Waals surface area contributed by atoms with Crippen molar-refractivity contribution in [2.24, 2.45) is 0 Å². The molecule has 1 aromatic heterocycles. The number of esters is 2. The molecule has 3 amide bonds. The normalized spacial score (nSPS) is 11.9. The second-order valence-electron chi connectivity index (χ2n) is 15.7. The molecule has 1 heterocycles. The van der Waals surface area contributed by atoms with E-state index in [-0.39, 0.29) is 38.4 Å². The first-order chi connectivity index (χ1) is 32.7. The minimum Gasteiger partial charge on any atom is -0.461 e. The lowest BCUT2D eigenvalue weighted by atomic mass is 9.77. The molecule has 0 fully saturated rings. The van der Waals surface area contributed by atoms with Gasteiger partial charge in [0, 0.05) is 24.8 Å². The minimum absolute atomic E-state index is 0.0166. The summed E-state index contributed by atoms with van der Waals surface area (Å²) < 4.78 is 11.1. The summed E-state index contributed by atoms with van der Waals surface area (Å²) in [6.45, 7) is 0.262. The average molecular weight is 914 g/mol. The van der Waals surface area contributed by atoms with E-state index in [0.717, 1.165) is 44.7 Å². The predicted molar refractivity (Wildman–Crippen MR) is 257 cm³/mol. The monoisotopic (exact) mass is 913 g/mol. The highest BCUT2D eigenvalue weighted by molar-refractivity contribution is 7.13. The number of anilines is 1. The van der Waals surface area contributed by atoms with Gasteiger partial charge in [0.25, 0.3) is 0 Å². The molecule has 0 aliphatic rings. The van der Waals surface area contributed by atoms with Crippen LogP contribution in [0, 0.1) is 0 Å². The van der Waals surface area contributed by atoms with E-state index in [2.05, 4.69) is 62.6 Å². The summed E-state index contributed by atoms with van der Waals surface area (Å²) in [6, 6.07) is 55.0. The highest BCUT2D eigenvalue weighted by Gasteiger charge is 2.36. The molecule has 4 N–H and O–H groups in total. The average Bonchev–Trinajstić information content (AvgIpc) is 3.81. The van der Waals surface area contributed by atoms with Crippen LogP contribution in [0.25, 0.3) is 0 Å². The molecule has 6 aromatic carbocycles. The lowest BCUT2D eigenvalue weighted by molar-refractivity contribution is -0.150. The molecule has 0 saturated carbocycles. The van der Waals surface area contributed by atoms with Gasteiger partial charge in [-0.2, -0.15) is 0 Å². The highest BCUT2D eigenvalue weighted by Crippen LogP contribution is 2.36. The van der Waals surface area contributed by atoms with Crippen LogP contribution in [0.15, 0.2) is 187 Å². The first kappa shape index (κ1) is 47.2. The van der Waals surface area contributed by atoms with E-state index in [4.69, 9.17) is 9.47 Å². The predicted octanol–water partition coefficient (Wildman–Crippen LogP) is 7.69. The number of nitrogens with zero attached hydrogens (tertiary/aromatic N) is 1. The van der Waals surface area contributed by atoms with E-state index >= 15 is 0 Å². The van der Waals surface area contributed by atoms with Gasteiger partial charge in [-0.3, -0.25) is 24.5 Å². The first-order valence-electron chi connectivity index (χ1n) is 21.9. The number of benzene rings is 6. The Balaban J connectivity index is 0.998. The van der Waals surface area contributed by atoms with Crippen molar-refractivity contribution in [3.05, 3.63) is 226 Å². The van der Waals surface area contributed by atoms with Crippen molar-refractivity contribution in [3.8, 4) is 0 Å². The second kappa shape index (κ2) is 24.0. The summed E-state index contributed by atoms with van der Waals surface area (Å²) >= 11 is 1.16.